The standard InChI is InChI=1S/C24H33N5O3S/c1-18-7-9-22(10-8-18)33(31,32)26-16-21-6-4-14-28(17-21)24(30)12-11-23-19(2)27-29(20(23)3)15-5-13-25/h7-10,21,26H,4-6,11-12,14-17H2,1-3H3. The van der Waals surface area contributed by atoms with Crippen LogP contribution in [0, 0.1) is 38.0 Å². The van der Waals surface area contributed by atoms with Crippen LogP contribution in [-0.4, -0.2) is 48.6 Å². The summed E-state index contributed by atoms with van der Waals surface area (Å²) in [5.74, 6) is 0.185. The predicted molar refractivity (Wildman–Crippen MR) is 126 cm³/mol. The number of carbonyl (C=O) groups is 1. The van der Waals surface area contributed by atoms with Crippen LogP contribution in [-0.2, 0) is 27.8 Å². The number of rotatable bonds is 9. The van der Waals surface area contributed by atoms with Crippen LogP contribution >= 0.6 is 0 Å². The SMILES string of the molecule is Cc1ccc(S(=O)(=O)NCC2CCCN(C(=O)CCc3c(C)nn(CCC#N)c3C)C2)cc1. The first-order valence-corrected chi connectivity index (χ1v) is 12.9. The van der Waals surface area contributed by atoms with Crippen LogP contribution in [0.15, 0.2) is 29.2 Å². The van der Waals surface area contributed by atoms with Crippen LogP contribution in [0.4, 0.5) is 0 Å². The Kier molecular flexibility index (Phi) is 8.27. The Hall–Kier alpha value is -2.70. The second-order valence-electron chi connectivity index (χ2n) is 8.79. The maximum Gasteiger partial charge on any atom is 0.240 e. The number of hydrogen-bond acceptors (Lipinski definition) is 5. The van der Waals surface area contributed by atoms with E-state index in [2.05, 4.69) is 15.9 Å². The average Bonchev–Trinajstić information content (AvgIpc) is 3.07. The molecule has 8 nitrogen and oxygen atoms in total. The van der Waals surface area contributed by atoms with Crippen LogP contribution in [0.5, 0.6) is 0 Å². The van der Waals surface area contributed by atoms with Gasteiger partial charge in [0.25, 0.3) is 0 Å². The minimum absolute atomic E-state index is 0.0877. The fourth-order valence-electron chi connectivity index (χ4n) is 4.35. The van der Waals surface area contributed by atoms with Gasteiger partial charge >= 0.3 is 0 Å². The van der Waals surface area contributed by atoms with Crippen LogP contribution < -0.4 is 4.72 Å². The molecule has 1 aromatic heterocycles. The van der Waals surface area contributed by atoms with Crippen molar-refractivity contribution in [3.05, 3.63) is 46.8 Å². The molecule has 0 bridgehead atoms. The van der Waals surface area contributed by atoms with Gasteiger partial charge in [0.05, 0.1) is 29.6 Å². The van der Waals surface area contributed by atoms with E-state index >= 15 is 0 Å². The molecule has 0 radical (unpaired) electrons. The first kappa shape index (κ1) is 24.9. The van der Waals surface area contributed by atoms with E-state index in [1.54, 1.807) is 24.3 Å². The monoisotopic (exact) mass is 471 g/mol. The summed E-state index contributed by atoms with van der Waals surface area (Å²) in [5, 5.41) is 13.3. The van der Waals surface area contributed by atoms with E-state index in [1.807, 2.05) is 30.4 Å². The van der Waals surface area contributed by atoms with Crippen molar-refractivity contribution in [1.82, 2.24) is 19.4 Å². The van der Waals surface area contributed by atoms with E-state index in [1.165, 1.54) is 0 Å². The molecule has 33 heavy (non-hydrogen) atoms. The number of hydrogen-bond donors (Lipinski definition) is 1. The van der Waals surface area contributed by atoms with Gasteiger partial charge in [0.1, 0.15) is 0 Å². The van der Waals surface area contributed by atoms with Gasteiger partial charge in [-0.1, -0.05) is 17.7 Å². The molecule has 3 rings (SSSR count). The van der Waals surface area contributed by atoms with Crippen LogP contribution in [0.1, 0.15) is 48.2 Å². The third kappa shape index (κ3) is 6.42. The summed E-state index contributed by atoms with van der Waals surface area (Å²) in [6, 6.07) is 8.93. The van der Waals surface area contributed by atoms with Crippen LogP contribution in [0.2, 0.25) is 0 Å². The lowest BCUT2D eigenvalue weighted by atomic mass is 9.97. The molecule has 1 unspecified atom stereocenters. The fraction of sp³-hybridized carbons (Fsp3) is 0.542. The van der Waals surface area contributed by atoms with E-state index in [0.29, 0.717) is 45.4 Å². The average molecular weight is 472 g/mol. The third-order valence-electron chi connectivity index (χ3n) is 6.32. The van der Waals surface area contributed by atoms with Crippen LogP contribution in [0.25, 0.3) is 0 Å². The smallest absolute Gasteiger partial charge is 0.240 e. The molecule has 1 aliphatic rings. The van der Waals surface area contributed by atoms with Crippen molar-refractivity contribution in [1.29, 1.82) is 5.26 Å². The maximum atomic E-state index is 12.9. The summed E-state index contributed by atoms with van der Waals surface area (Å²) >= 11 is 0. The first-order chi connectivity index (χ1) is 15.7. The summed E-state index contributed by atoms with van der Waals surface area (Å²) in [6.45, 7) is 7.99. The second-order valence-corrected chi connectivity index (χ2v) is 10.6. The van der Waals surface area contributed by atoms with Crippen molar-refractivity contribution < 1.29 is 13.2 Å². The van der Waals surface area contributed by atoms with E-state index < -0.39 is 10.0 Å². The third-order valence-corrected chi connectivity index (χ3v) is 7.76. The Balaban J connectivity index is 1.53. The lowest BCUT2D eigenvalue weighted by Gasteiger charge is -2.33. The number of likely N-dealkylation sites (tertiary alicyclic amines) is 1. The largest absolute Gasteiger partial charge is 0.342 e. The summed E-state index contributed by atoms with van der Waals surface area (Å²) in [6.07, 6.45) is 3.18. The minimum atomic E-state index is -3.56. The van der Waals surface area contributed by atoms with Crippen molar-refractivity contribution >= 4 is 15.9 Å². The molecular formula is C24H33N5O3S. The molecule has 1 saturated heterocycles. The zero-order chi connectivity index (χ0) is 24.0. The molecular weight excluding hydrogens is 438 g/mol. The Morgan fingerprint density at radius 2 is 1.97 bits per heavy atom. The quantitative estimate of drug-likeness (QED) is 0.605. The van der Waals surface area contributed by atoms with E-state index in [0.717, 1.165) is 35.4 Å². The lowest BCUT2D eigenvalue weighted by Crippen LogP contribution is -2.43. The number of benzene rings is 1. The van der Waals surface area contributed by atoms with E-state index in [9.17, 15) is 13.2 Å². The Morgan fingerprint density at radius 3 is 2.67 bits per heavy atom. The van der Waals surface area contributed by atoms with Crippen molar-refractivity contribution in [2.24, 2.45) is 5.92 Å². The van der Waals surface area contributed by atoms with Gasteiger partial charge < -0.3 is 4.90 Å². The second kappa shape index (κ2) is 10.9. The topological polar surface area (TPSA) is 108 Å². The summed E-state index contributed by atoms with van der Waals surface area (Å²) in [7, 11) is -3.56. The van der Waals surface area contributed by atoms with Gasteiger partial charge in [-0.15, -0.1) is 0 Å². The molecule has 2 heterocycles. The maximum absolute atomic E-state index is 12.9. The molecule has 1 amide bonds. The number of carbonyl (C=O) groups excluding carboxylic acids is 1. The summed E-state index contributed by atoms with van der Waals surface area (Å²) in [5.41, 5.74) is 3.99. The highest BCUT2D eigenvalue weighted by atomic mass is 32.2. The van der Waals surface area contributed by atoms with Crippen molar-refractivity contribution in [2.45, 2.75) is 64.3 Å². The molecule has 0 aliphatic carbocycles. The van der Waals surface area contributed by atoms with E-state index in [4.69, 9.17) is 5.26 Å². The number of nitriles is 1. The van der Waals surface area contributed by atoms with Crippen molar-refractivity contribution in [3.8, 4) is 6.07 Å². The Morgan fingerprint density at radius 1 is 1.24 bits per heavy atom. The number of sulfonamides is 1. The number of amides is 1. The number of aryl methyl sites for hydroxylation is 3. The van der Waals surface area contributed by atoms with Gasteiger partial charge in [-0.25, -0.2) is 13.1 Å². The summed E-state index contributed by atoms with van der Waals surface area (Å²) < 4.78 is 29.7. The van der Waals surface area contributed by atoms with Crippen molar-refractivity contribution in [2.75, 3.05) is 19.6 Å². The first-order valence-electron chi connectivity index (χ1n) is 11.4. The van der Waals surface area contributed by atoms with Gasteiger partial charge in [-0.2, -0.15) is 10.4 Å². The number of piperidine rings is 1. The fourth-order valence-corrected chi connectivity index (χ4v) is 5.46. The highest BCUT2D eigenvalue weighted by Gasteiger charge is 2.25. The Bertz CT molecular complexity index is 1120. The van der Waals surface area contributed by atoms with Gasteiger partial charge in [-0.3, -0.25) is 9.48 Å². The molecule has 1 fully saturated rings. The molecule has 0 spiro atoms. The van der Waals surface area contributed by atoms with Gasteiger partial charge in [0.15, 0.2) is 0 Å². The molecule has 9 heteroatoms. The highest BCUT2D eigenvalue weighted by Crippen LogP contribution is 2.20. The molecule has 1 N–H and O–H groups in total. The van der Waals surface area contributed by atoms with Gasteiger partial charge in [0, 0.05) is 31.7 Å². The zero-order valence-corrected chi connectivity index (χ0v) is 20.5. The molecule has 1 aromatic carbocycles. The zero-order valence-electron chi connectivity index (χ0n) is 19.7. The van der Waals surface area contributed by atoms with Gasteiger partial charge in [0.2, 0.25) is 15.9 Å². The van der Waals surface area contributed by atoms with Gasteiger partial charge in [-0.05, 0) is 63.6 Å². The Labute approximate surface area is 196 Å². The molecule has 178 valence electrons. The molecule has 1 atom stereocenters. The highest BCUT2D eigenvalue weighted by molar-refractivity contribution is 7.89. The number of nitrogens with one attached hydrogen (secondary N) is 1. The predicted octanol–water partition coefficient (Wildman–Crippen LogP) is 2.87. The van der Waals surface area contributed by atoms with Crippen molar-refractivity contribution in [3.63, 3.8) is 0 Å². The van der Waals surface area contributed by atoms with E-state index in [-0.39, 0.29) is 16.7 Å². The molecule has 0 saturated carbocycles. The minimum Gasteiger partial charge on any atom is -0.342 e. The normalized spacial score (nSPS) is 16.5. The molecule has 1 aliphatic heterocycles. The summed E-state index contributed by atoms with van der Waals surface area (Å²) in [4.78, 5) is 15.0. The number of nitrogens with zero attached hydrogens (tertiary/aromatic N) is 4. The number of aromatic nitrogens is 2. The lowest BCUT2D eigenvalue weighted by molar-refractivity contribution is -0.132. The van der Waals surface area contributed by atoms with Crippen LogP contribution in [0.3, 0.4) is 0 Å². The molecule has 2 aromatic rings.